The van der Waals surface area contributed by atoms with Crippen LogP contribution in [0.2, 0.25) is 0 Å². The van der Waals surface area contributed by atoms with Gasteiger partial charge in [-0.3, -0.25) is 14.5 Å². The Morgan fingerprint density at radius 2 is 1.58 bits per heavy atom. The third-order valence-electron chi connectivity index (χ3n) is 5.68. The third kappa shape index (κ3) is 4.49. The molecule has 1 N–H and O–H groups in total. The number of sulfonamides is 1. The Bertz CT molecular complexity index is 1190. The van der Waals surface area contributed by atoms with E-state index < -0.39 is 10.0 Å². The van der Waals surface area contributed by atoms with Gasteiger partial charge in [0, 0.05) is 38.4 Å². The van der Waals surface area contributed by atoms with E-state index in [1.165, 1.54) is 20.2 Å². The molecule has 1 saturated heterocycles. The van der Waals surface area contributed by atoms with E-state index in [-0.39, 0.29) is 60.4 Å². The lowest BCUT2D eigenvalue weighted by atomic mass is 10.1. The summed E-state index contributed by atoms with van der Waals surface area (Å²) in [4.78, 5) is 40.9. The average Bonchev–Trinajstić information content (AvgIpc) is 3.03. The molecule has 0 bridgehead atoms. The molecular weight excluding hydrogens is 444 g/mol. The molecule has 2 heterocycles. The van der Waals surface area contributed by atoms with Crippen LogP contribution in [0.15, 0.2) is 53.4 Å². The fourth-order valence-corrected chi connectivity index (χ4v) is 5.42. The maximum absolute atomic E-state index is 12.8. The second-order valence-corrected chi connectivity index (χ2v) is 10.4. The number of rotatable bonds is 5. The van der Waals surface area contributed by atoms with E-state index in [0.29, 0.717) is 17.8 Å². The lowest BCUT2D eigenvalue weighted by Gasteiger charge is -2.34. The summed E-state index contributed by atoms with van der Waals surface area (Å²) in [5.74, 6) is -0.535. The van der Waals surface area contributed by atoms with Crippen LogP contribution >= 0.6 is 0 Å². The zero-order chi connectivity index (χ0) is 23.8. The van der Waals surface area contributed by atoms with Crippen LogP contribution in [-0.4, -0.2) is 73.1 Å². The maximum Gasteiger partial charge on any atom is 0.321 e. The predicted octanol–water partition coefficient (Wildman–Crippen LogP) is 2.48. The molecule has 4 amide bonds. The summed E-state index contributed by atoms with van der Waals surface area (Å²) >= 11 is 0. The van der Waals surface area contributed by atoms with Gasteiger partial charge >= 0.3 is 6.03 Å². The van der Waals surface area contributed by atoms with Crippen molar-refractivity contribution in [3.63, 3.8) is 0 Å². The van der Waals surface area contributed by atoms with Crippen molar-refractivity contribution in [3.05, 3.63) is 59.7 Å². The number of hydrogen-bond donors (Lipinski definition) is 1. The van der Waals surface area contributed by atoms with E-state index in [0.717, 1.165) is 0 Å². The average molecular weight is 471 g/mol. The molecule has 10 heteroatoms. The number of carbonyl (C=O) groups excluding carboxylic acids is 3. The molecule has 0 saturated carbocycles. The van der Waals surface area contributed by atoms with E-state index in [9.17, 15) is 22.8 Å². The van der Waals surface area contributed by atoms with Gasteiger partial charge in [-0.15, -0.1) is 0 Å². The molecule has 174 valence electrons. The monoisotopic (exact) mass is 470 g/mol. The van der Waals surface area contributed by atoms with E-state index in [1.807, 2.05) is 13.8 Å². The Hall–Kier alpha value is -3.24. The Morgan fingerprint density at radius 1 is 0.939 bits per heavy atom. The lowest BCUT2D eigenvalue weighted by Crippen LogP contribution is -2.51. The number of carbonyl (C=O) groups is 3. The largest absolute Gasteiger partial charge is 0.322 e. The van der Waals surface area contributed by atoms with Crippen molar-refractivity contribution in [1.29, 1.82) is 0 Å². The van der Waals surface area contributed by atoms with Gasteiger partial charge in [-0.05, 0) is 36.2 Å². The summed E-state index contributed by atoms with van der Waals surface area (Å²) in [6, 6.07) is 12.5. The minimum Gasteiger partial charge on any atom is -0.322 e. The molecule has 0 atom stereocenters. The van der Waals surface area contributed by atoms with Crippen molar-refractivity contribution in [2.24, 2.45) is 5.92 Å². The number of imide groups is 1. The second kappa shape index (κ2) is 8.95. The first-order valence-electron chi connectivity index (χ1n) is 10.8. The van der Waals surface area contributed by atoms with Crippen molar-refractivity contribution in [2.75, 3.05) is 38.0 Å². The van der Waals surface area contributed by atoms with Crippen LogP contribution in [0.1, 0.15) is 34.6 Å². The summed E-state index contributed by atoms with van der Waals surface area (Å²) in [6.07, 6.45) is 0. The Kier molecular flexibility index (Phi) is 6.22. The molecule has 0 unspecified atom stereocenters. The van der Waals surface area contributed by atoms with Gasteiger partial charge in [0.25, 0.3) is 11.8 Å². The van der Waals surface area contributed by atoms with Crippen LogP contribution in [0.4, 0.5) is 10.5 Å². The minimum absolute atomic E-state index is 0.149. The van der Waals surface area contributed by atoms with Gasteiger partial charge in [0.15, 0.2) is 0 Å². The molecular formula is C23H26N4O5S. The number of anilines is 1. The number of amides is 4. The summed E-state index contributed by atoms with van der Waals surface area (Å²) in [5, 5.41) is 2.75. The van der Waals surface area contributed by atoms with Crippen LogP contribution in [0.25, 0.3) is 0 Å². The van der Waals surface area contributed by atoms with E-state index >= 15 is 0 Å². The van der Waals surface area contributed by atoms with Crippen LogP contribution in [0.3, 0.4) is 0 Å². The zero-order valence-corrected chi connectivity index (χ0v) is 19.3. The van der Waals surface area contributed by atoms with Gasteiger partial charge in [-0.1, -0.05) is 32.0 Å². The summed E-state index contributed by atoms with van der Waals surface area (Å²) in [7, 11) is -3.60. The number of benzene rings is 2. The first kappa shape index (κ1) is 22.9. The van der Waals surface area contributed by atoms with Crippen LogP contribution < -0.4 is 5.32 Å². The normalized spacial score (nSPS) is 16.9. The molecule has 2 aliphatic heterocycles. The molecule has 2 aliphatic rings. The van der Waals surface area contributed by atoms with Crippen molar-refractivity contribution < 1.29 is 22.8 Å². The van der Waals surface area contributed by atoms with E-state index in [4.69, 9.17) is 0 Å². The molecule has 4 rings (SSSR count). The highest BCUT2D eigenvalue weighted by atomic mass is 32.2. The molecule has 9 nitrogen and oxygen atoms in total. The van der Waals surface area contributed by atoms with Gasteiger partial charge in [-0.25, -0.2) is 13.2 Å². The number of fused-ring (bicyclic) bond motifs is 1. The summed E-state index contributed by atoms with van der Waals surface area (Å²) < 4.78 is 26.9. The van der Waals surface area contributed by atoms with E-state index in [2.05, 4.69) is 5.32 Å². The molecule has 0 spiro atoms. The third-order valence-corrected chi connectivity index (χ3v) is 7.59. The van der Waals surface area contributed by atoms with Gasteiger partial charge in [-0.2, -0.15) is 4.31 Å². The van der Waals surface area contributed by atoms with Gasteiger partial charge in [0.2, 0.25) is 10.0 Å². The molecule has 2 aromatic carbocycles. The number of nitrogens with zero attached hydrogens (tertiary/aromatic N) is 3. The fraction of sp³-hybridized carbons (Fsp3) is 0.348. The van der Waals surface area contributed by atoms with Crippen LogP contribution in [0.5, 0.6) is 0 Å². The highest BCUT2D eigenvalue weighted by Crippen LogP contribution is 2.27. The quantitative estimate of drug-likeness (QED) is 0.676. The predicted molar refractivity (Wildman–Crippen MR) is 122 cm³/mol. The Balaban J connectivity index is 1.39. The topological polar surface area (TPSA) is 107 Å². The first-order chi connectivity index (χ1) is 15.7. The zero-order valence-electron chi connectivity index (χ0n) is 18.5. The van der Waals surface area contributed by atoms with E-state index in [1.54, 1.807) is 42.5 Å². The van der Waals surface area contributed by atoms with Gasteiger partial charge < -0.3 is 10.2 Å². The standard InChI is InChI=1S/C23H26N4O5S/c1-16(2)15-27-21(28)19-9-8-17(14-20(19)22(27)29)24-23(30)25-10-12-26(13-11-25)33(31,32)18-6-4-3-5-7-18/h3-9,14,16H,10-13,15H2,1-2H3,(H,24,30). The van der Waals surface area contributed by atoms with Gasteiger partial charge in [0.05, 0.1) is 16.0 Å². The molecule has 0 radical (unpaired) electrons. The number of nitrogens with one attached hydrogen (secondary N) is 1. The summed E-state index contributed by atoms with van der Waals surface area (Å²) in [5.41, 5.74) is 1.02. The summed E-state index contributed by atoms with van der Waals surface area (Å²) in [6.45, 7) is 5.05. The highest BCUT2D eigenvalue weighted by molar-refractivity contribution is 7.89. The van der Waals surface area contributed by atoms with Crippen molar-refractivity contribution in [2.45, 2.75) is 18.7 Å². The Labute approximate surface area is 193 Å². The maximum atomic E-state index is 12.8. The number of urea groups is 1. The lowest BCUT2D eigenvalue weighted by molar-refractivity contribution is 0.0636. The molecule has 0 aromatic heterocycles. The highest BCUT2D eigenvalue weighted by Gasteiger charge is 2.36. The fourth-order valence-electron chi connectivity index (χ4n) is 3.98. The van der Waals surface area contributed by atoms with Crippen molar-refractivity contribution >= 4 is 33.6 Å². The molecule has 1 fully saturated rings. The molecule has 0 aliphatic carbocycles. The number of piperazine rings is 1. The van der Waals surface area contributed by atoms with Crippen molar-refractivity contribution in [1.82, 2.24) is 14.1 Å². The number of hydrogen-bond acceptors (Lipinski definition) is 5. The van der Waals surface area contributed by atoms with Crippen LogP contribution in [0, 0.1) is 5.92 Å². The SMILES string of the molecule is CC(C)CN1C(=O)c2ccc(NC(=O)N3CCN(S(=O)(=O)c4ccccc4)CC3)cc2C1=O. The Morgan fingerprint density at radius 3 is 2.21 bits per heavy atom. The molecule has 2 aromatic rings. The molecule has 33 heavy (non-hydrogen) atoms. The second-order valence-electron chi connectivity index (χ2n) is 8.51. The first-order valence-corrected chi connectivity index (χ1v) is 12.2. The smallest absolute Gasteiger partial charge is 0.321 e. The van der Waals surface area contributed by atoms with Crippen molar-refractivity contribution in [3.8, 4) is 0 Å². The van der Waals surface area contributed by atoms with Gasteiger partial charge in [0.1, 0.15) is 0 Å². The van der Waals surface area contributed by atoms with Crippen LogP contribution in [-0.2, 0) is 10.0 Å². The minimum atomic E-state index is -3.60.